The van der Waals surface area contributed by atoms with E-state index < -0.39 is 0 Å². The van der Waals surface area contributed by atoms with Gasteiger partial charge < -0.3 is 9.64 Å². The largest absolute Gasteiger partial charge is 0.496 e. The van der Waals surface area contributed by atoms with Crippen molar-refractivity contribution in [2.75, 3.05) is 20.2 Å². The molecule has 0 bridgehead atoms. The lowest BCUT2D eigenvalue weighted by molar-refractivity contribution is 0.416. The number of methoxy groups -OCH3 is 1. The van der Waals surface area contributed by atoms with Crippen molar-refractivity contribution < 1.29 is 4.74 Å². The number of hydrogen-bond acceptors (Lipinski definition) is 4. The van der Waals surface area contributed by atoms with Crippen molar-refractivity contribution in [3.05, 3.63) is 47.0 Å². The summed E-state index contributed by atoms with van der Waals surface area (Å²) in [4.78, 5) is 7.68. The van der Waals surface area contributed by atoms with E-state index in [0.29, 0.717) is 10.2 Å². The highest BCUT2D eigenvalue weighted by Crippen LogP contribution is 2.39. The van der Waals surface area contributed by atoms with Crippen molar-refractivity contribution in [1.29, 1.82) is 5.41 Å². The Labute approximate surface area is 171 Å². The number of nitrogens with zero attached hydrogens (tertiary/aromatic N) is 2. The fraction of sp³-hybridized carbons (Fsp3) is 0.333. The van der Waals surface area contributed by atoms with E-state index in [1.165, 1.54) is 11.8 Å². The monoisotopic (exact) mass is 403 g/mol. The summed E-state index contributed by atoms with van der Waals surface area (Å²) in [5.41, 5.74) is 3.08. The third-order valence-corrected chi connectivity index (χ3v) is 5.41. The van der Waals surface area contributed by atoms with Crippen molar-refractivity contribution in [2.45, 2.75) is 32.6 Å². The van der Waals surface area contributed by atoms with Gasteiger partial charge in [-0.1, -0.05) is 50.7 Å². The zero-order valence-corrected chi connectivity index (χ0v) is 16.7. The lowest BCUT2D eigenvalue weighted by atomic mass is 10.0. The Kier molecular flexibility index (Phi) is 7.33. The van der Waals surface area contributed by atoms with E-state index in [4.69, 9.17) is 21.7 Å². The van der Waals surface area contributed by atoms with E-state index in [-0.39, 0.29) is 7.43 Å². The second-order valence-corrected chi connectivity index (χ2v) is 7.14. The molecule has 0 aromatic heterocycles. The van der Waals surface area contributed by atoms with Gasteiger partial charge >= 0.3 is 0 Å². The van der Waals surface area contributed by atoms with Crippen LogP contribution >= 0.6 is 23.4 Å². The first-order valence-corrected chi connectivity index (χ1v) is 9.93. The Morgan fingerprint density at radius 1 is 1.15 bits per heavy atom. The van der Waals surface area contributed by atoms with E-state index in [9.17, 15) is 0 Å². The summed E-state index contributed by atoms with van der Waals surface area (Å²) >= 11 is 7.64. The van der Waals surface area contributed by atoms with Crippen LogP contribution in [0, 0.1) is 5.41 Å². The van der Waals surface area contributed by atoms with Gasteiger partial charge in [0.15, 0.2) is 5.17 Å². The quantitative estimate of drug-likeness (QED) is 0.652. The maximum Gasteiger partial charge on any atom is 0.166 e. The zero-order valence-electron chi connectivity index (χ0n) is 15.2. The van der Waals surface area contributed by atoms with Crippen LogP contribution in [0.15, 0.2) is 46.3 Å². The number of fused-ring (bicyclic) bond motifs is 3. The molecule has 6 heteroatoms. The molecule has 0 aliphatic carbocycles. The summed E-state index contributed by atoms with van der Waals surface area (Å²) in [6, 6.07) is 11.8. The van der Waals surface area contributed by atoms with E-state index in [0.717, 1.165) is 52.7 Å². The number of rotatable bonds is 2. The topological polar surface area (TPSA) is 48.7 Å². The highest BCUT2D eigenvalue weighted by molar-refractivity contribution is 8.14. The van der Waals surface area contributed by atoms with Gasteiger partial charge in [0.1, 0.15) is 11.6 Å². The summed E-state index contributed by atoms with van der Waals surface area (Å²) in [6.45, 7) is 5.70. The van der Waals surface area contributed by atoms with Crippen LogP contribution in [0.3, 0.4) is 0 Å². The van der Waals surface area contributed by atoms with E-state index >= 15 is 0 Å². The predicted octanol–water partition coefficient (Wildman–Crippen LogP) is 6.17. The Morgan fingerprint density at radius 3 is 2.67 bits per heavy atom. The fourth-order valence-electron chi connectivity index (χ4n) is 3.06. The normalized spacial score (nSPS) is 14.7. The number of aliphatic imine (C=N–C) groups is 1. The van der Waals surface area contributed by atoms with Crippen LogP contribution in [0.25, 0.3) is 11.1 Å². The first-order chi connectivity index (χ1) is 12.7. The summed E-state index contributed by atoms with van der Waals surface area (Å²) in [5.74, 6) is 1.71. The maximum atomic E-state index is 8.29. The van der Waals surface area contributed by atoms with Crippen LogP contribution in [0.2, 0.25) is 5.02 Å². The highest BCUT2D eigenvalue weighted by atomic mass is 35.5. The molecule has 0 unspecified atom stereocenters. The van der Waals surface area contributed by atoms with Gasteiger partial charge in [-0.2, -0.15) is 0 Å². The minimum Gasteiger partial charge on any atom is -0.496 e. The SMILES string of the molecule is C.CC.COc1ccc(Cl)cc1-c1ccc2c(c1)SC(=N)N1CCCN=C21. The van der Waals surface area contributed by atoms with Crippen LogP contribution in [0.4, 0.5) is 0 Å². The lowest BCUT2D eigenvalue weighted by Crippen LogP contribution is -2.42. The van der Waals surface area contributed by atoms with Crippen molar-refractivity contribution in [2.24, 2.45) is 4.99 Å². The predicted molar refractivity (Wildman–Crippen MR) is 118 cm³/mol. The van der Waals surface area contributed by atoms with Gasteiger partial charge in [0.25, 0.3) is 0 Å². The molecule has 2 aromatic rings. The third-order valence-electron chi connectivity index (χ3n) is 4.20. The van der Waals surface area contributed by atoms with Crippen molar-refractivity contribution >= 4 is 34.4 Å². The highest BCUT2D eigenvalue weighted by Gasteiger charge is 2.29. The number of ether oxygens (including phenoxy) is 1. The summed E-state index contributed by atoms with van der Waals surface area (Å²) < 4.78 is 5.47. The van der Waals surface area contributed by atoms with Crippen LogP contribution in [0.1, 0.15) is 33.3 Å². The second kappa shape index (κ2) is 9.29. The van der Waals surface area contributed by atoms with Crippen molar-refractivity contribution in [3.8, 4) is 16.9 Å². The maximum absolute atomic E-state index is 8.29. The Bertz CT molecular complexity index is 867. The van der Waals surface area contributed by atoms with Gasteiger partial charge in [-0.3, -0.25) is 10.4 Å². The number of hydrogen-bond donors (Lipinski definition) is 1. The number of thioether (sulfide) groups is 1. The molecule has 4 rings (SSSR count). The Balaban J connectivity index is 0.000000844. The standard InChI is InChI=1S/C18H16ClN3OS.C2H6.CH4/c1-23-15-6-4-12(19)10-14(15)11-3-5-13-16(9-11)24-18(20)22-8-2-7-21-17(13)22;1-2;/h3-6,9-10,20H,2,7-8H2,1H3;1-2H3;1H4. The van der Waals surface area contributed by atoms with Gasteiger partial charge in [0, 0.05) is 34.1 Å². The molecule has 4 nitrogen and oxygen atoms in total. The smallest absolute Gasteiger partial charge is 0.166 e. The molecule has 1 N–H and O–H groups in total. The van der Waals surface area contributed by atoms with E-state index in [1.807, 2.05) is 36.9 Å². The molecule has 0 atom stereocenters. The van der Waals surface area contributed by atoms with Gasteiger partial charge in [0.2, 0.25) is 0 Å². The zero-order chi connectivity index (χ0) is 18.7. The fourth-order valence-corrected chi connectivity index (χ4v) is 4.18. The Hall–Kier alpha value is -1.98. The molecular weight excluding hydrogens is 378 g/mol. The molecule has 27 heavy (non-hydrogen) atoms. The molecule has 0 saturated heterocycles. The average Bonchev–Trinajstić information content (AvgIpc) is 2.69. The van der Waals surface area contributed by atoms with Crippen molar-refractivity contribution in [1.82, 2.24) is 4.90 Å². The number of amidine groups is 2. The average molecular weight is 404 g/mol. The summed E-state index contributed by atoms with van der Waals surface area (Å²) in [6.07, 6.45) is 1.000. The minimum atomic E-state index is 0. The summed E-state index contributed by atoms with van der Waals surface area (Å²) in [5, 5.41) is 9.51. The van der Waals surface area contributed by atoms with E-state index in [2.05, 4.69) is 23.2 Å². The first kappa shape index (κ1) is 21.3. The van der Waals surface area contributed by atoms with Crippen molar-refractivity contribution in [3.63, 3.8) is 0 Å². The van der Waals surface area contributed by atoms with Crippen LogP contribution in [-0.4, -0.2) is 36.1 Å². The van der Waals surface area contributed by atoms with Gasteiger partial charge in [0.05, 0.1) is 7.11 Å². The molecule has 2 aliphatic rings. The third kappa shape index (κ3) is 4.14. The van der Waals surface area contributed by atoms with Crippen LogP contribution in [-0.2, 0) is 0 Å². The number of benzene rings is 2. The second-order valence-electron chi connectivity index (χ2n) is 5.67. The molecule has 2 heterocycles. The lowest BCUT2D eigenvalue weighted by Gasteiger charge is -2.34. The molecule has 2 aliphatic heterocycles. The number of nitrogens with one attached hydrogen (secondary N) is 1. The van der Waals surface area contributed by atoms with Gasteiger partial charge in [-0.05, 0) is 42.3 Å². The van der Waals surface area contributed by atoms with Crippen LogP contribution < -0.4 is 4.74 Å². The molecule has 2 aromatic carbocycles. The molecule has 144 valence electrons. The van der Waals surface area contributed by atoms with E-state index in [1.54, 1.807) is 7.11 Å². The van der Waals surface area contributed by atoms with Crippen LogP contribution in [0.5, 0.6) is 5.75 Å². The molecular formula is C21H26ClN3OS. The molecule has 0 saturated carbocycles. The number of halogens is 1. The molecule has 0 spiro atoms. The van der Waals surface area contributed by atoms with Gasteiger partial charge in [-0.15, -0.1) is 0 Å². The minimum absolute atomic E-state index is 0. The molecule has 0 radical (unpaired) electrons. The summed E-state index contributed by atoms with van der Waals surface area (Å²) in [7, 11) is 1.66. The molecule has 0 fully saturated rings. The molecule has 0 amide bonds. The van der Waals surface area contributed by atoms with Gasteiger partial charge in [-0.25, -0.2) is 0 Å². The Morgan fingerprint density at radius 2 is 1.93 bits per heavy atom. The first-order valence-electron chi connectivity index (χ1n) is 8.74.